The van der Waals surface area contributed by atoms with Gasteiger partial charge in [0.1, 0.15) is 5.82 Å². The van der Waals surface area contributed by atoms with Crippen molar-refractivity contribution in [3.8, 4) is 55.9 Å². The summed E-state index contributed by atoms with van der Waals surface area (Å²) in [5.41, 5.74) is 19.8. The van der Waals surface area contributed by atoms with Crippen LogP contribution < -0.4 is 0 Å². The summed E-state index contributed by atoms with van der Waals surface area (Å²) in [6.07, 6.45) is 0. The topological polar surface area (TPSA) is 38.7 Å². The maximum atomic E-state index is 4.97. The van der Waals surface area contributed by atoms with Gasteiger partial charge in [0.25, 0.3) is 0 Å². The number of nitrogens with zero attached hydrogens (tertiary/aromatic N) is 3. The highest BCUT2D eigenvalue weighted by molar-refractivity contribution is 6.04. The van der Waals surface area contributed by atoms with Gasteiger partial charge in [0, 0.05) is 22.5 Å². The van der Waals surface area contributed by atoms with E-state index in [1.807, 2.05) is 6.92 Å². The summed E-state index contributed by atoms with van der Waals surface area (Å²) in [5, 5.41) is 0. The van der Waals surface area contributed by atoms with E-state index in [0.717, 1.165) is 39.7 Å². The molecular formula is C44H33N3. The van der Waals surface area contributed by atoms with Crippen LogP contribution in [0.1, 0.15) is 45.0 Å². The number of benzene rings is 5. The normalized spacial score (nSPS) is 15.3. The van der Waals surface area contributed by atoms with E-state index in [1.165, 1.54) is 61.2 Å². The highest BCUT2D eigenvalue weighted by Gasteiger charge is 2.53. The van der Waals surface area contributed by atoms with Gasteiger partial charge in [-0.25, -0.2) is 9.97 Å². The molecule has 3 nitrogen and oxygen atoms in total. The fourth-order valence-electron chi connectivity index (χ4n) is 8.35. The van der Waals surface area contributed by atoms with Crippen molar-refractivity contribution in [2.75, 3.05) is 0 Å². The third-order valence-corrected chi connectivity index (χ3v) is 9.96. The molecule has 0 bridgehead atoms. The molecule has 224 valence electrons. The van der Waals surface area contributed by atoms with Crippen molar-refractivity contribution in [1.82, 2.24) is 15.0 Å². The molecule has 0 saturated heterocycles. The van der Waals surface area contributed by atoms with Crippen LogP contribution in [0.2, 0.25) is 0 Å². The van der Waals surface area contributed by atoms with Gasteiger partial charge < -0.3 is 0 Å². The second-order valence-electron chi connectivity index (χ2n) is 13.0. The molecule has 7 aromatic rings. The zero-order chi connectivity index (χ0) is 31.9. The maximum Gasteiger partial charge on any atom is 0.126 e. The third-order valence-electron chi connectivity index (χ3n) is 9.96. The Hall–Kier alpha value is -5.67. The fourth-order valence-corrected chi connectivity index (χ4v) is 8.35. The Morgan fingerprint density at radius 1 is 0.447 bits per heavy atom. The molecule has 0 aliphatic heterocycles. The summed E-state index contributed by atoms with van der Waals surface area (Å²) < 4.78 is 0. The summed E-state index contributed by atoms with van der Waals surface area (Å²) in [6.45, 7) is 8.25. The molecule has 2 aliphatic rings. The predicted molar refractivity (Wildman–Crippen MR) is 191 cm³/mol. The van der Waals surface area contributed by atoms with Crippen molar-refractivity contribution in [1.29, 1.82) is 0 Å². The number of hydrogen-bond acceptors (Lipinski definition) is 3. The molecule has 0 radical (unpaired) electrons. The van der Waals surface area contributed by atoms with Crippen LogP contribution in [0, 0.1) is 27.7 Å². The molecule has 0 amide bonds. The Labute approximate surface area is 275 Å². The molecule has 1 unspecified atom stereocenters. The van der Waals surface area contributed by atoms with Crippen molar-refractivity contribution in [3.05, 3.63) is 172 Å². The lowest BCUT2D eigenvalue weighted by atomic mass is 9.70. The standard InChI is InChI=1S/C44H33N3/c1-26-22-27(2)46-40(23-26)34-15-9-8-14-32(34)30-18-19-33-35-20-21-37(41-24-28(3)45-29(4)47-41)42-36-16-10-11-17-38(36)44(43(35)42,39(33)25-30)31-12-6-5-7-13-31/h5-25H,1-4H3. The Balaban J connectivity index is 1.36. The van der Waals surface area contributed by atoms with Gasteiger partial charge in [-0.2, -0.15) is 0 Å². The van der Waals surface area contributed by atoms with E-state index in [1.54, 1.807) is 0 Å². The minimum absolute atomic E-state index is 0.464. The number of aryl methyl sites for hydroxylation is 4. The molecule has 5 aromatic carbocycles. The number of hydrogen-bond donors (Lipinski definition) is 0. The lowest BCUT2D eigenvalue weighted by Crippen LogP contribution is -2.26. The van der Waals surface area contributed by atoms with E-state index in [-0.39, 0.29) is 0 Å². The first kappa shape index (κ1) is 27.6. The van der Waals surface area contributed by atoms with Gasteiger partial charge in [0.15, 0.2) is 0 Å². The van der Waals surface area contributed by atoms with Crippen LogP contribution in [0.3, 0.4) is 0 Å². The molecule has 0 spiro atoms. The maximum absolute atomic E-state index is 4.97. The summed E-state index contributed by atoms with van der Waals surface area (Å²) in [7, 11) is 0. The zero-order valence-electron chi connectivity index (χ0n) is 27.0. The Morgan fingerprint density at radius 3 is 1.89 bits per heavy atom. The zero-order valence-corrected chi connectivity index (χ0v) is 27.0. The Bertz CT molecular complexity index is 2370. The minimum Gasteiger partial charge on any atom is -0.253 e. The smallest absolute Gasteiger partial charge is 0.126 e. The molecule has 2 heterocycles. The molecule has 0 saturated carbocycles. The van der Waals surface area contributed by atoms with Crippen molar-refractivity contribution < 1.29 is 0 Å². The van der Waals surface area contributed by atoms with Gasteiger partial charge in [-0.3, -0.25) is 4.98 Å². The van der Waals surface area contributed by atoms with Crippen LogP contribution in [0.5, 0.6) is 0 Å². The molecule has 2 aliphatic carbocycles. The van der Waals surface area contributed by atoms with Crippen LogP contribution >= 0.6 is 0 Å². The first-order valence-electron chi connectivity index (χ1n) is 16.3. The third kappa shape index (κ3) is 3.96. The number of aromatic nitrogens is 3. The second kappa shape index (κ2) is 10.2. The van der Waals surface area contributed by atoms with E-state index in [9.17, 15) is 0 Å². The van der Waals surface area contributed by atoms with Gasteiger partial charge in [-0.05, 0) is 113 Å². The molecule has 9 rings (SSSR count). The second-order valence-corrected chi connectivity index (χ2v) is 13.0. The van der Waals surface area contributed by atoms with E-state index < -0.39 is 5.41 Å². The van der Waals surface area contributed by atoms with E-state index in [0.29, 0.717) is 0 Å². The Morgan fingerprint density at radius 2 is 1.11 bits per heavy atom. The summed E-state index contributed by atoms with van der Waals surface area (Å²) in [4.78, 5) is 14.5. The van der Waals surface area contributed by atoms with Crippen molar-refractivity contribution >= 4 is 0 Å². The van der Waals surface area contributed by atoms with Gasteiger partial charge in [-0.15, -0.1) is 0 Å². The van der Waals surface area contributed by atoms with Crippen LogP contribution in [-0.4, -0.2) is 15.0 Å². The average Bonchev–Trinajstić information content (AvgIpc) is 3.55. The molecule has 3 heteroatoms. The highest BCUT2D eigenvalue weighted by Crippen LogP contribution is 2.66. The van der Waals surface area contributed by atoms with Gasteiger partial charge in [-0.1, -0.05) is 103 Å². The monoisotopic (exact) mass is 603 g/mol. The van der Waals surface area contributed by atoms with Crippen molar-refractivity contribution in [3.63, 3.8) is 0 Å². The molecule has 2 aromatic heterocycles. The van der Waals surface area contributed by atoms with Crippen LogP contribution in [0.4, 0.5) is 0 Å². The number of pyridine rings is 1. The molecule has 0 fully saturated rings. The quantitative estimate of drug-likeness (QED) is 0.201. The molecular weight excluding hydrogens is 571 g/mol. The molecule has 0 N–H and O–H groups in total. The fraction of sp³-hybridized carbons (Fsp3) is 0.114. The van der Waals surface area contributed by atoms with Gasteiger partial charge in [0.05, 0.1) is 16.8 Å². The van der Waals surface area contributed by atoms with Crippen molar-refractivity contribution in [2.24, 2.45) is 0 Å². The molecule has 1 atom stereocenters. The SMILES string of the molecule is Cc1cc(C)nc(-c2ccccc2-c2ccc3c(c2)C2(c4ccccc4)c4ccccc4-c4c(-c5cc(C)nc(C)n5)ccc-3c42)c1. The predicted octanol–water partition coefficient (Wildman–Crippen LogP) is 10.4. The van der Waals surface area contributed by atoms with Crippen LogP contribution in [0.15, 0.2) is 127 Å². The first-order chi connectivity index (χ1) is 22.9. The average molecular weight is 604 g/mol. The number of fused-ring (bicyclic) bond motifs is 6. The summed E-state index contributed by atoms with van der Waals surface area (Å²) in [5.74, 6) is 0.790. The van der Waals surface area contributed by atoms with E-state index >= 15 is 0 Å². The van der Waals surface area contributed by atoms with E-state index in [2.05, 4.69) is 153 Å². The Kier molecular flexibility index (Phi) is 5.98. The van der Waals surface area contributed by atoms with Gasteiger partial charge in [0.2, 0.25) is 0 Å². The lowest BCUT2D eigenvalue weighted by Gasteiger charge is -2.31. The highest BCUT2D eigenvalue weighted by atomic mass is 14.9. The molecule has 47 heavy (non-hydrogen) atoms. The number of rotatable bonds is 4. The van der Waals surface area contributed by atoms with Crippen LogP contribution in [0.25, 0.3) is 55.9 Å². The van der Waals surface area contributed by atoms with E-state index in [4.69, 9.17) is 9.97 Å². The summed E-state index contributed by atoms with van der Waals surface area (Å²) in [6, 6.07) is 46.9. The van der Waals surface area contributed by atoms with Gasteiger partial charge >= 0.3 is 0 Å². The summed E-state index contributed by atoms with van der Waals surface area (Å²) >= 11 is 0. The van der Waals surface area contributed by atoms with Crippen LogP contribution in [-0.2, 0) is 5.41 Å². The largest absolute Gasteiger partial charge is 0.253 e. The van der Waals surface area contributed by atoms with Crippen molar-refractivity contribution in [2.45, 2.75) is 33.1 Å². The first-order valence-corrected chi connectivity index (χ1v) is 16.3. The minimum atomic E-state index is -0.464. The lowest BCUT2D eigenvalue weighted by molar-refractivity contribution is 0.792.